The normalized spacial score (nSPS) is 13.6. The molecule has 0 amide bonds. The molecule has 0 N–H and O–H groups in total. The van der Waals surface area contributed by atoms with Gasteiger partial charge in [0.05, 0.1) is 0 Å². The Balaban J connectivity index is 0.940. The number of hydrogen-bond donors (Lipinski definition) is 0. The van der Waals surface area contributed by atoms with Gasteiger partial charge in [-0.3, -0.25) is 0 Å². The number of fused-ring (bicyclic) bond motifs is 14. The third-order valence-electron chi connectivity index (χ3n) is 18.8. The minimum absolute atomic E-state index is 0.517. The molecule has 0 atom stereocenters. The van der Waals surface area contributed by atoms with Gasteiger partial charge >= 0.3 is 651 Å². The predicted molar refractivity (Wildman–Crippen MR) is 461 cm³/mol. The number of thioether (sulfide) groups is 8. The van der Waals surface area contributed by atoms with Crippen molar-refractivity contribution >= 4 is 185 Å². The number of hydrogen-bond acceptors (Lipinski definition) is 14. The van der Waals surface area contributed by atoms with Gasteiger partial charge in [-0.05, 0) is 0 Å². The Labute approximate surface area is 667 Å². The summed E-state index contributed by atoms with van der Waals surface area (Å²) in [4.78, 5) is 44.2. The van der Waals surface area contributed by atoms with E-state index < -0.39 is 16.7 Å². The van der Waals surface area contributed by atoms with Crippen LogP contribution in [0.1, 0.15) is 66.8 Å². The van der Waals surface area contributed by atoms with Crippen molar-refractivity contribution in [3.8, 4) is 0 Å². The maximum atomic E-state index is 9.03. The zero-order chi connectivity index (χ0) is 71.6. The van der Waals surface area contributed by atoms with Crippen LogP contribution in [-0.2, 0) is 46.0 Å². The summed E-state index contributed by atoms with van der Waals surface area (Å²) >= 11 is 8.87. The van der Waals surface area contributed by atoms with Gasteiger partial charge in [0, 0.05) is 0 Å². The van der Waals surface area contributed by atoms with Crippen molar-refractivity contribution in [2.24, 2.45) is 30.0 Å². The molecule has 0 radical (unpaired) electrons. The molecule has 107 heavy (non-hydrogen) atoms. The maximum absolute atomic E-state index is 9.03. The average Bonchev–Trinajstić information content (AvgIpc) is 1.54. The minimum atomic E-state index is -5.72. The van der Waals surface area contributed by atoms with Crippen LogP contribution in [-0.4, -0.2) is 45.6 Å². The molecule has 19 heteroatoms. The summed E-state index contributed by atoms with van der Waals surface area (Å²) < 4.78 is 4.27. The molecule has 522 valence electrons. The number of aliphatic imine (C=N–C) groups is 4. The molecule has 0 spiro atoms. The van der Waals surface area contributed by atoms with Crippen molar-refractivity contribution in [3.05, 3.63) is 369 Å². The second-order valence-corrected chi connectivity index (χ2v) is 48.0. The molecule has 0 saturated heterocycles. The van der Waals surface area contributed by atoms with Gasteiger partial charge in [0.2, 0.25) is 0 Å². The monoisotopic (exact) mass is 1680 g/mol. The van der Waals surface area contributed by atoms with Gasteiger partial charge in [-0.2, -0.15) is 0 Å². The van der Waals surface area contributed by atoms with Crippen molar-refractivity contribution in [1.82, 2.24) is 5.58 Å². The van der Waals surface area contributed by atoms with Gasteiger partial charge < -0.3 is 0 Å². The van der Waals surface area contributed by atoms with Crippen LogP contribution >= 0.6 is 112 Å². The molecular formula is C88H64Cl2N8S8Sn. The number of nitrogens with zero attached hydrogens (tertiary/aromatic N) is 8. The molecule has 18 rings (SSSR count). The summed E-state index contributed by atoms with van der Waals surface area (Å²) in [5, 5.41) is 3.39. The third-order valence-corrected chi connectivity index (χ3v) is 38.4. The Kier molecular flexibility index (Phi) is 21.2. The number of amidine groups is 4. The van der Waals surface area contributed by atoms with Gasteiger partial charge in [0.15, 0.2) is 0 Å². The van der Waals surface area contributed by atoms with Crippen LogP contribution in [0.25, 0.3) is 21.5 Å². The Morgan fingerprint density at radius 1 is 0.224 bits per heavy atom. The van der Waals surface area contributed by atoms with E-state index in [2.05, 4.69) is 297 Å². The zero-order valence-electron chi connectivity index (χ0n) is 57.5. The number of aromatic nitrogens is 2. The van der Waals surface area contributed by atoms with Gasteiger partial charge in [0.25, 0.3) is 0 Å². The second-order valence-electron chi connectivity index (χ2n) is 26.0. The van der Waals surface area contributed by atoms with Gasteiger partial charge in [-0.15, -0.1) is 0 Å². The molecule has 4 aliphatic rings. The van der Waals surface area contributed by atoms with E-state index in [-0.39, 0.29) is 0 Å². The van der Waals surface area contributed by atoms with E-state index in [4.69, 9.17) is 47.8 Å². The molecule has 0 unspecified atom stereocenters. The van der Waals surface area contributed by atoms with E-state index >= 15 is 0 Å². The van der Waals surface area contributed by atoms with E-state index in [0.29, 0.717) is 46.0 Å². The van der Waals surface area contributed by atoms with Crippen molar-refractivity contribution in [3.63, 3.8) is 0 Å². The molecule has 0 fully saturated rings. The fraction of sp³-hybridized carbons (Fsp3) is 0.0909. The molecule has 0 aliphatic carbocycles. The molecule has 14 aromatic rings. The summed E-state index contributed by atoms with van der Waals surface area (Å²) in [6, 6.07) is 104. The van der Waals surface area contributed by atoms with Gasteiger partial charge in [-0.1, -0.05) is 24.3 Å². The Hall–Kier alpha value is -7.82. The topological polar surface area (TPSA) is 84.0 Å². The van der Waals surface area contributed by atoms with E-state index in [1.807, 2.05) is 94.1 Å². The van der Waals surface area contributed by atoms with E-state index in [1.165, 1.54) is 44.5 Å². The number of benzene rings is 12. The molecule has 6 bridgehead atoms. The number of rotatable bonds is 24. The SMILES string of the molecule is [Cl][Sn]1([Cl])[n]2c3c4cc(SCc5ccccc5)c(SCc5ccccc5)cc4c2N=C2N=C(N=c4c5cc(SCc6ccccc6)c(SCc6ccccc6)cc5c([n]41)=NC1=NC(=N3)c3cc(SCc4ccccc4)c(SCc4ccccc4)cc31)c1cc(SCc3ccccc3)c(SCc3ccccc3)cc12. The fourth-order valence-corrected chi connectivity index (χ4v) is 31.9. The van der Waals surface area contributed by atoms with Crippen molar-refractivity contribution in [1.29, 1.82) is 0 Å². The Morgan fingerprint density at radius 2 is 0.421 bits per heavy atom. The molecule has 6 heterocycles. The second kappa shape index (κ2) is 32.0. The van der Waals surface area contributed by atoms with Crippen LogP contribution in [0.4, 0.5) is 11.6 Å². The molecular weight excluding hydrogens is 1620 g/mol. The first-order chi connectivity index (χ1) is 52.7. The van der Waals surface area contributed by atoms with Crippen molar-refractivity contribution in [2.45, 2.75) is 85.2 Å². The molecule has 12 aromatic carbocycles. The quantitative estimate of drug-likeness (QED) is 0.0437. The van der Waals surface area contributed by atoms with Crippen LogP contribution in [0.3, 0.4) is 0 Å². The first-order valence-corrected chi connectivity index (χ1v) is 52.7. The fourth-order valence-electron chi connectivity index (χ4n) is 13.4. The van der Waals surface area contributed by atoms with Crippen LogP contribution in [0.5, 0.6) is 0 Å². The number of halogens is 2. The average molecular weight is 1680 g/mol. The van der Waals surface area contributed by atoms with Crippen LogP contribution in [0.2, 0.25) is 0 Å². The molecule has 0 saturated carbocycles. The summed E-state index contributed by atoms with van der Waals surface area (Å²) in [7, 11) is 18.1. The van der Waals surface area contributed by atoms with E-state index in [0.717, 1.165) is 129 Å². The van der Waals surface area contributed by atoms with Crippen molar-refractivity contribution in [2.75, 3.05) is 0 Å². The van der Waals surface area contributed by atoms with Crippen LogP contribution in [0.15, 0.2) is 360 Å². The summed E-state index contributed by atoms with van der Waals surface area (Å²) in [6.45, 7) is 0. The third kappa shape index (κ3) is 15.2. The van der Waals surface area contributed by atoms with Crippen molar-refractivity contribution < 1.29 is 0 Å². The Morgan fingerprint density at radius 3 is 0.645 bits per heavy atom. The Bertz CT molecular complexity index is 5620. The zero-order valence-corrected chi connectivity index (χ0v) is 68.4. The summed E-state index contributed by atoms with van der Waals surface area (Å²) in [5.41, 5.74) is 14.4. The van der Waals surface area contributed by atoms with Gasteiger partial charge in [0.1, 0.15) is 0 Å². The molecule has 8 nitrogen and oxygen atoms in total. The van der Waals surface area contributed by atoms with Crippen LogP contribution < -0.4 is 11.0 Å². The van der Waals surface area contributed by atoms with E-state index in [9.17, 15) is 0 Å². The first kappa shape index (κ1) is 70.8. The molecule has 4 aliphatic heterocycles. The summed E-state index contributed by atoms with van der Waals surface area (Å²) in [6.07, 6.45) is 0. The van der Waals surface area contributed by atoms with E-state index in [1.54, 1.807) is 0 Å². The van der Waals surface area contributed by atoms with Gasteiger partial charge in [-0.25, -0.2) is 0 Å². The summed E-state index contributed by atoms with van der Waals surface area (Å²) in [5.74, 6) is 9.21. The van der Waals surface area contributed by atoms with Crippen LogP contribution in [0, 0.1) is 0 Å². The molecule has 2 aromatic heterocycles. The standard InChI is InChI=1S/C88H64N8S8.2ClH.Sn/c1-9-25-57(26-10-1)49-97-73-41-65-66(42-74(73)98-50-58-27-11-2-12-28-58)82-89-81(65)93-83-67-43-75(99-51-59-29-13-3-14-30-59)76(100-52-60-31-15-4-16-32-60)44-68(67)85(90-83)95-87-71-47-79(103-55-63-37-21-7-22-38-63)80(104-56-64-39-23-8-24-40-64)48-72(71)88(92-87)96-86-70-46-78(102-54-62-35-19-6-20-36-62)77(45-69(70)84(91-86)94-82)101-53-61-33-17-5-18-34-61;;;/h1-48H,49-56H2;2*1H;/q-2;;;+4/p-2. The first-order valence-electron chi connectivity index (χ1n) is 35.1. The predicted octanol–water partition coefficient (Wildman–Crippen LogP) is 24.2.